The van der Waals surface area contributed by atoms with E-state index in [1.165, 1.54) is 31.9 Å². The second-order valence-electron chi connectivity index (χ2n) is 4.25. The molecule has 15 heavy (non-hydrogen) atoms. The van der Waals surface area contributed by atoms with Crippen LogP contribution in [0.5, 0.6) is 0 Å². The van der Waals surface area contributed by atoms with Gasteiger partial charge in [-0.1, -0.05) is 12.8 Å². The molecule has 1 fully saturated rings. The van der Waals surface area contributed by atoms with Crippen LogP contribution in [0.4, 0.5) is 0 Å². The van der Waals surface area contributed by atoms with E-state index in [-0.39, 0.29) is 5.75 Å². The second-order valence-corrected chi connectivity index (χ2v) is 7.59. The highest BCUT2D eigenvalue weighted by atomic mass is 32.2. The average Bonchev–Trinajstić information content (AvgIpc) is 2.16. The van der Waals surface area contributed by atoms with Crippen LogP contribution in [0.25, 0.3) is 0 Å². The van der Waals surface area contributed by atoms with E-state index < -0.39 is 9.84 Å². The zero-order chi connectivity index (χ0) is 11.3. The van der Waals surface area contributed by atoms with Gasteiger partial charge in [0.15, 0.2) is 0 Å². The first-order valence-electron chi connectivity index (χ1n) is 5.47. The Bertz CT molecular complexity index is 277. The summed E-state index contributed by atoms with van der Waals surface area (Å²) in [4.78, 5) is 0. The Morgan fingerprint density at radius 3 is 2.60 bits per heavy atom. The normalized spacial score (nSPS) is 27.9. The van der Waals surface area contributed by atoms with Crippen molar-refractivity contribution in [2.24, 2.45) is 0 Å². The van der Waals surface area contributed by atoms with E-state index in [9.17, 15) is 8.42 Å². The molecule has 2 unspecified atom stereocenters. The number of thioether (sulfide) groups is 1. The minimum Gasteiger partial charge on any atom is -0.312 e. The number of hydrogen-bond donors (Lipinski definition) is 1. The fourth-order valence-corrected chi connectivity index (χ4v) is 3.49. The average molecular weight is 251 g/mol. The van der Waals surface area contributed by atoms with Crippen LogP contribution in [0.15, 0.2) is 0 Å². The van der Waals surface area contributed by atoms with Crippen LogP contribution in [0.3, 0.4) is 0 Å². The maximum Gasteiger partial charge on any atom is 0.148 e. The molecule has 0 saturated heterocycles. The summed E-state index contributed by atoms with van der Waals surface area (Å²) in [5, 5.41) is 4.04. The second kappa shape index (κ2) is 6.11. The highest BCUT2D eigenvalue weighted by Crippen LogP contribution is 2.26. The fourth-order valence-electron chi connectivity index (χ4n) is 2.04. The number of nitrogens with one attached hydrogen (secondary N) is 1. The maximum absolute atomic E-state index is 11.0. The molecule has 0 aromatic carbocycles. The molecule has 1 aliphatic rings. The summed E-state index contributed by atoms with van der Waals surface area (Å²) in [5.41, 5.74) is 0. The molecule has 0 amide bonds. The lowest BCUT2D eigenvalue weighted by atomic mass is 9.95. The Morgan fingerprint density at radius 2 is 2.00 bits per heavy atom. The zero-order valence-corrected chi connectivity index (χ0v) is 11.2. The molecule has 1 rings (SSSR count). The molecule has 1 saturated carbocycles. The quantitative estimate of drug-likeness (QED) is 0.800. The first-order valence-corrected chi connectivity index (χ1v) is 8.81. The molecule has 0 radical (unpaired) electrons. The molecule has 1 aliphatic carbocycles. The van der Waals surface area contributed by atoms with Crippen LogP contribution < -0.4 is 5.32 Å². The smallest absolute Gasteiger partial charge is 0.148 e. The van der Waals surface area contributed by atoms with E-state index in [2.05, 4.69) is 11.6 Å². The van der Waals surface area contributed by atoms with Gasteiger partial charge in [0, 0.05) is 24.1 Å². The summed E-state index contributed by atoms with van der Waals surface area (Å²) in [6.07, 6.45) is 8.47. The van der Waals surface area contributed by atoms with Gasteiger partial charge in [-0.3, -0.25) is 0 Å². The summed E-state index contributed by atoms with van der Waals surface area (Å²) in [6.45, 7) is 0.598. The highest BCUT2D eigenvalue weighted by molar-refractivity contribution is 7.99. The largest absolute Gasteiger partial charge is 0.312 e. The van der Waals surface area contributed by atoms with E-state index >= 15 is 0 Å². The Balaban J connectivity index is 2.29. The third-order valence-corrected chi connectivity index (χ3v) is 5.00. The number of hydrogen-bond acceptors (Lipinski definition) is 4. The van der Waals surface area contributed by atoms with Gasteiger partial charge >= 0.3 is 0 Å². The first-order chi connectivity index (χ1) is 7.03. The standard InChI is InChI=1S/C10H21NO2S2/c1-14-10-6-4-3-5-9(10)11-7-8-15(2,12)13/h9-11H,3-8H2,1-2H3. The fraction of sp³-hybridized carbons (Fsp3) is 1.00. The maximum atomic E-state index is 11.0. The minimum atomic E-state index is -2.82. The third-order valence-electron chi connectivity index (χ3n) is 2.88. The van der Waals surface area contributed by atoms with Gasteiger partial charge in [-0.15, -0.1) is 0 Å². The Morgan fingerprint density at radius 1 is 1.33 bits per heavy atom. The lowest BCUT2D eigenvalue weighted by Gasteiger charge is -2.31. The molecule has 0 aromatic rings. The van der Waals surface area contributed by atoms with Crippen LogP contribution in [-0.4, -0.2) is 44.5 Å². The molecule has 0 aromatic heterocycles. The van der Waals surface area contributed by atoms with E-state index in [1.54, 1.807) is 0 Å². The van der Waals surface area contributed by atoms with Gasteiger partial charge in [0.25, 0.3) is 0 Å². The van der Waals surface area contributed by atoms with Gasteiger partial charge in [0.05, 0.1) is 5.75 Å². The van der Waals surface area contributed by atoms with Crippen molar-refractivity contribution >= 4 is 21.6 Å². The summed E-state index contributed by atoms with van der Waals surface area (Å²) in [7, 11) is -2.82. The molecular formula is C10H21NO2S2. The highest BCUT2D eigenvalue weighted by Gasteiger charge is 2.23. The van der Waals surface area contributed by atoms with Crippen molar-refractivity contribution in [3.63, 3.8) is 0 Å². The Labute approximate surface area is 97.3 Å². The third kappa shape index (κ3) is 5.22. The monoisotopic (exact) mass is 251 g/mol. The predicted octanol–water partition coefficient (Wildman–Crippen LogP) is 1.29. The summed E-state index contributed by atoms with van der Waals surface area (Å²) in [5.74, 6) is 0.255. The molecule has 0 bridgehead atoms. The number of rotatable bonds is 5. The van der Waals surface area contributed by atoms with E-state index in [4.69, 9.17) is 0 Å². The lowest BCUT2D eigenvalue weighted by molar-refractivity contribution is 0.391. The zero-order valence-electron chi connectivity index (χ0n) is 9.53. The van der Waals surface area contributed by atoms with Crippen molar-refractivity contribution < 1.29 is 8.42 Å². The lowest BCUT2D eigenvalue weighted by Crippen LogP contribution is -2.42. The molecule has 3 nitrogen and oxygen atoms in total. The van der Waals surface area contributed by atoms with Crippen molar-refractivity contribution in [2.45, 2.75) is 37.0 Å². The van der Waals surface area contributed by atoms with Crippen molar-refractivity contribution in [3.05, 3.63) is 0 Å². The molecular weight excluding hydrogens is 230 g/mol. The Kier molecular flexibility index (Phi) is 5.43. The van der Waals surface area contributed by atoms with Crippen molar-refractivity contribution in [3.8, 4) is 0 Å². The molecule has 0 spiro atoms. The number of sulfone groups is 1. The SMILES string of the molecule is CSC1CCCCC1NCCS(C)(=O)=O. The van der Waals surface area contributed by atoms with Crippen LogP contribution in [-0.2, 0) is 9.84 Å². The van der Waals surface area contributed by atoms with Gasteiger partial charge in [0.1, 0.15) is 9.84 Å². The van der Waals surface area contributed by atoms with E-state index in [0.717, 1.165) is 0 Å². The topological polar surface area (TPSA) is 46.2 Å². The predicted molar refractivity (Wildman–Crippen MR) is 67.3 cm³/mol. The molecule has 5 heteroatoms. The van der Waals surface area contributed by atoms with E-state index in [0.29, 0.717) is 17.8 Å². The molecule has 2 atom stereocenters. The molecule has 1 N–H and O–H groups in total. The summed E-state index contributed by atoms with van der Waals surface area (Å²) >= 11 is 1.90. The van der Waals surface area contributed by atoms with Crippen LogP contribution in [0, 0.1) is 0 Å². The molecule has 90 valence electrons. The van der Waals surface area contributed by atoms with Gasteiger partial charge in [0.2, 0.25) is 0 Å². The minimum absolute atomic E-state index is 0.255. The van der Waals surface area contributed by atoms with Crippen LogP contribution in [0.2, 0.25) is 0 Å². The molecule has 0 aliphatic heterocycles. The van der Waals surface area contributed by atoms with Crippen LogP contribution >= 0.6 is 11.8 Å². The van der Waals surface area contributed by atoms with Crippen molar-refractivity contribution in [1.29, 1.82) is 0 Å². The van der Waals surface area contributed by atoms with E-state index in [1.807, 2.05) is 11.8 Å². The summed E-state index contributed by atoms with van der Waals surface area (Å²) < 4.78 is 22.0. The van der Waals surface area contributed by atoms with Gasteiger partial charge in [-0.05, 0) is 19.1 Å². The molecule has 0 heterocycles. The van der Waals surface area contributed by atoms with Gasteiger partial charge in [-0.25, -0.2) is 8.42 Å². The summed E-state index contributed by atoms with van der Waals surface area (Å²) in [6, 6.07) is 0.510. The first kappa shape index (κ1) is 13.3. The van der Waals surface area contributed by atoms with Gasteiger partial charge < -0.3 is 5.32 Å². The van der Waals surface area contributed by atoms with Crippen LogP contribution in [0.1, 0.15) is 25.7 Å². The Hall–Kier alpha value is 0.260. The van der Waals surface area contributed by atoms with Crippen molar-refractivity contribution in [2.75, 3.05) is 24.8 Å². The van der Waals surface area contributed by atoms with Gasteiger partial charge in [-0.2, -0.15) is 11.8 Å². The van der Waals surface area contributed by atoms with Crippen molar-refractivity contribution in [1.82, 2.24) is 5.32 Å².